The first-order valence-corrected chi connectivity index (χ1v) is 4.23. The van der Waals surface area contributed by atoms with Crippen LogP contribution in [0.5, 0.6) is 0 Å². The van der Waals surface area contributed by atoms with Crippen LogP contribution >= 0.6 is 35.0 Å². The Morgan fingerprint density at radius 3 is 2.92 bits per heavy atom. The van der Waals surface area contributed by atoms with Crippen LogP contribution in [-0.4, -0.2) is 9.97 Å². The average Bonchev–Trinajstić information content (AvgIpc) is 2.27. The Morgan fingerprint density at radius 1 is 1.42 bits per heavy atom. The smallest absolute Gasteiger partial charge is 0.138 e. The lowest BCUT2D eigenvalue weighted by Crippen LogP contribution is -1.85. The predicted octanol–water partition coefficient (Wildman–Crippen LogP) is 2.17. The first-order chi connectivity index (χ1) is 5.25. The summed E-state index contributed by atoms with van der Waals surface area (Å²) >= 11 is 2.21. The van der Waals surface area contributed by atoms with Gasteiger partial charge in [0.25, 0.3) is 0 Å². The number of pyridine rings is 1. The minimum absolute atomic E-state index is 0. The Kier molecular flexibility index (Phi) is 2.79. The van der Waals surface area contributed by atoms with Crippen LogP contribution in [0.25, 0.3) is 11.0 Å². The maximum absolute atomic E-state index is 5.55. The lowest BCUT2D eigenvalue weighted by Gasteiger charge is -1.89. The second kappa shape index (κ2) is 3.49. The van der Waals surface area contributed by atoms with E-state index in [0.29, 0.717) is 5.69 Å². The van der Waals surface area contributed by atoms with Crippen molar-refractivity contribution in [3.8, 4) is 0 Å². The van der Waals surface area contributed by atoms with E-state index in [-0.39, 0.29) is 12.4 Å². The van der Waals surface area contributed by atoms with Crippen molar-refractivity contribution < 1.29 is 0 Å². The number of rotatable bonds is 0. The Bertz CT molecular complexity index is 398. The molecule has 0 spiro atoms. The number of H-pyrrole nitrogens is 1. The minimum Gasteiger partial charge on any atom is -0.397 e. The zero-order valence-corrected chi connectivity index (χ0v) is 9.02. The van der Waals surface area contributed by atoms with E-state index in [1.54, 1.807) is 6.20 Å². The standard InChI is InChI=1S/C7H6IN3.ClH/c8-6-2-4-1-5(9)3-10-7(4)11-6;/h1-3H,9H2,(H,10,11);1H. The fourth-order valence-corrected chi connectivity index (χ4v) is 1.59. The Hall–Kier alpha value is -0.490. The van der Waals surface area contributed by atoms with Crippen LogP contribution in [0.1, 0.15) is 0 Å². The highest BCUT2D eigenvalue weighted by Gasteiger charge is 1.98. The highest BCUT2D eigenvalue weighted by atomic mass is 127. The zero-order valence-electron chi connectivity index (χ0n) is 6.04. The number of nitrogen functional groups attached to an aromatic ring is 1. The lowest BCUT2D eigenvalue weighted by atomic mass is 10.3. The molecule has 0 saturated carbocycles. The van der Waals surface area contributed by atoms with Gasteiger partial charge in [0.1, 0.15) is 5.65 Å². The third kappa shape index (κ3) is 1.64. The Balaban J connectivity index is 0.000000720. The van der Waals surface area contributed by atoms with Gasteiger partial charge in [0.2, 0.25) is 0 Å². The average molecular weight is 296 g/mol. The molecule has 0 aliphatic carbocycles. The number of hydrogen-bond donors (Lipinski definition) is 2. The summed E-state index contributed by atoms with van der Waals surface area (Å²) in [5.74, 6) is 0. The summed E-state index contributed by atoms with van der Waals surface area (Å²) in [7, 11) is 0. The van der Waals surface area contributed by atoms with Crippen molar-refractivity contribution in [1.29, 1.82) is 0 Å². The van der Waals surface area contributed by atoms with Gasteiger partial charge in [-0.3, -0.25) is 0 Å². The maximum Gasteiger partial charge on any atom is 0.138 e. The summed E-state index contributed by atoms with van der Waals surface area (Å²) in [6.45, 7) is 0. The molecule has 3 N–H and O–H groups in total. The third-order valence-electron chi connectivity index (χ3n) is 1.46. The Morgan fingerprint density at radius 2 is 2.17 bits per heavy atom. The van der Waals surface area contributed by atoms with Crippen molar-refractivity contribution in [1.82, 2.24) is 9.97 Å². The van der Waals surface area contributed by atoms with Crippen LogP contribution < -0.4 is 5.73 Å². The molecule has 0 unspecified atom stereocenters. The van der Waals surface area contributed by atoms with Gasteiger partial charge in [0.15, 0.2) is 0 Å². The summed E-state index contributed by atoms with van der Waals surface area (Å²) in [5.41, 5.74) is 7.15. The quantitative estimate of drug-likeness (QED) is 0.732. The van der Waals surface area contributed by atoms with E-state index in [1.807, 2.05) is 12.1 Å². The molecular weight excluding hydrogens is 288 g/mol. The number of hydrogen-bond acceptors (Lipinski definition) is 2. The summed E-state index contributed by atoms with van der Waals surface area (Å²) in [4.78, 5) is 7.22. The van der Waals surface area contributed by atoms with E-state index >= 15 is 0 Å². The van der Waals surface area contributed by atoms with Crippen molar-refractivity contribution in [3.05, 3.63) is 22.0 Å². The second-order valence-corrected chi connectivity index (χ2v) is 3.49. The predicted molar refractivity (Wildman–Crippen MR) is 60.5 cm³/mol. The van der Waals surface area contributed by atoms with Gasteiger partial charge in [0, 0.05) is 5.39 Å². The maximum atomic E-state index is 5.55. The van der Waals surface area contributed by atoms with E-state index in [2.05, 4.69) is 32.6 Å². The summed E-state index contributed by atoms with van der Waals surface area (Å²) < 4.78 is 1.08. The highest BCUT2D eigenvalue weighted by Crippen LogP contribution is 2.16. The first-order valence-electron chi connectivity index (χ1n) is 3.15. The number of anilines is 1. The summed E-state index contributed by atoms with van der Waals surface area (Å²) in [5, 5.41) is 1.06. The Labute approximate surface area is 89.3 Å². The molecule has 64 valence electrons. The van der Waals surface area contributed by atoms with Gasteiger partial charge in [-0.1, -0.05) is 0 Å². The van der Waals surface area contributed by atoms with Crippen LogP contribution in [0.3, 0.4) is 0 Å². The molecule has 0 aliphatic rings. The van der Waals surface area contributed by atoms with Gasteiger partial charge in [-0.15, -0.1) is 12.4 Å². The van der Waals surface area contributed by atoms with Gasteiger partial charge in [-0.25, -0.2) is 4.98 Å². The lowest BCUT2D eigenvalue weighted by molar-refractivity contribution is 1.30. The molecule has 2 rings (SSSR count). The normalized spacial score (nSPS) is 9.75. The number of fused-ring (bicyclic) bond motifs is 1. The number of nitrogens with zero attached hydrogens (tertiary/aromatic N) is 1. The zero-order chi connectivity index (χ0) is 7.84. The van der Waals surface area contributed by atoms with Crippen LogP contribution in [0, 0.1) is 3.70 Å². The van der Waals surface area contributed by atoms with E-state index in [4.69, 9.17) is 5.73 Å². The second-order valence-electron chi connectivity index (χ2n) is 2.32. The third-order valence-corrected chi connectivity index (χ3v) is 2.04. The summed E-state index contributed by atoms with van der Waals surface area (Å²) in [6, 6.07) is 3.92. The minimum atomic E-state index is 0. The van der Waals surface area contributed by atoms with Gasteiger partial charge in [0.05, 0.1) is 15.6 Å². The number of nitrogens with two attached hydrogens (primary N) is 1. The molecule has 5 heteroatoms. The van der Waals surface area contributed by atoms with E-state index in [1.165, 1.54) is 0 Å². The molecule has 0 saturated heterocycles. The number of aromatic nitrogens is 2. The van der Waals surface area contributed by atoms with Crippen LogP contribution in [-0.2, 0) is 0 Å². The first kappa shape index (κ1) is 9.60. The molecule has 0 fully saturated rings. The molecular formula is C7H7ClIN3. The van der Waals surface area contributed by atoms with E-state index in [9.17, 15) is 0 Å². The molecule has 12 heavy (non-hydrogen) atoms. The van der Waals surface area contributed by atoms with Crippen LogP contribution in [0.2, 0.25) is 0 Å². The number of halogens is 2. The molecule has 3 nitrogen and oxygen atoms in total. The largest absolute Gasteiger partial charge is 0.397 e. The monoisotopic (exact) mass is 295 g/mol. The van der Waals surface area contributed by atoms with Gasteiger partial charge < -0.3 is 10.7 Å². The van der Waals surface area contributed by atoms with Crippen molar-refractivity contribution in [2.45, 2.75) is 0 Å². The van der Waals surface area contributed by atoms with E-state index in [0.717, 1.165) is 14.7 Å². The fourth-order valence-electron chi connectivity index (χ4n) is 0.999. The molecule has 0 bridgehead atoms. The SMILES string of the molecule is Cl.Nc1cnc2[nH]c(I)cc2c1. The molecule has 0 aliphatic heterocycles. The summed E-state index contributed by atoms with van der Waals surface area (Å²) in [6.07, 6.45) is 1.65. The molecule has 0 atom stereocenters. The van der Waals surface area contributed by atoms with E-state index < -0.39 is 0 Å². The van der Waals surface area contributed by atoms with Gasteiger partial charge in [-0.05, 0) is 34.7 Å². The topological polar surface area (TPSA) is 54.7 Å². The van der Waals surface area contributed by atoms with Gasteiger partial charge in [-0.2, -0.15) is 0 Å². The fraction of sp³-hybridized carbons (Fsp3) is 0. The van der Waals surface area contributed by atoms with Crippen molar-refractivity contribution in [3.63, 3.8) is 0 Å². The van der Waals surface area contributed by atoms with Crippen molar-refractivity contribution in [2.75, 3.05) is 5.73 Å². The van der Waals surface area contributed by atoms with Crippen LogP contribution in [0.15, 0.2) is 18.3 Å². The molecule has 0 amide bonds. The van der Waals surface area contributed by atoms with Crippen LogP contribution in [0.4, 0.5) is 5.69 Å². The molecule has 0 radical (unpaired) electrons. The number of nitrogens with one attached hydrogen (secondary N) is 1. The molecule has 2 aromatic heterocycles. The molecule has 0 aromatic carbocycles. The number of aromatic amines is 1. The highest BCUT2D eigenvalue weighted by molar-refractivity contribution is 14.1. The molecule has 2 aromatic rings. The van der Waals surface area contributed by atoms with Gasteiger partial charge >= 0.3 is 0 Å². The van der Waals surface area contributed by atoms with Crippen molar-refractivity contribution in [2.24, 2.45) is 0 Å². The molecule has 2 heterocycles. The van der Waals surface area contributed by atoms with Crippen molar-refractivity contribution >= 4 is 51.7 Å².